The summed E-state index contributed by atoms with van der Waals surface area (Å²) >= 11 is 0. The molecule has 0 saturated carbocycles. The minimum atomic E-state index is 1.25. The molecule has 0 radical (unpaired) electrons. The largest absolute Gasteiger partial charge is 0.0683 e. The van der Waals surface area contributed by atoms with E-state index in [0.29, 0.717) is 0 Å². The Labute approximate surface area is 210 Å². The van der Waals surface area contributed by atoms with Crippen LogP contribution in [0.5, 0.6) is 0 Å². The summed E-state index contributed by atoms with van der Waals surface area (Å²) in [7, 11) is 0. The molecule has 0 aliphatic heterocycles. The van der Waals surface area contributed by atoms with Gasteiger partial charge in [0, 0.05) is 0 Å². The fraction of sp³-hybridized carbons (Fsp3) is 1.00. The predicted octanol–water partition coefficient (Wildman–Crippen LogP) is 14.8. The zero-order valence-corrected chi connectivity index (χ0v) is 28.4. The molecule has 0 heterocycles. The highest BCUT2D eigenvalue weighted by atomic mass is 13.4. The van der Waals surface area contributed by atoms with E-state index in [4.69, 9.17) is 0 Å². The van der Waals surface area contributed by atoms with Gasteiger partial charge in [0.1, 0.15) is 0 Å². The highest BCUT2D eigenvalue weighted by Crippen LogP contribution is 1.58. The summed E-state index contributed by atoms with van der Waals surface area (Å²) in [4.78, 5) is 0. The van der Waals surface area contributed by atoms with Gasteiger partial charge in [-0.2, -0.15) is 0 Å². The Morgan fingerprint density at radius 1 is 0.161 bits per heavy atom. The van der Waals surface area contributed by atoms with Crippen LogP contribution in [0.4, 0.5) is 0 Å². The summed E-state index contributed by atoms with van der Waals surface area (Å²) < 4.78 is 0. The van der Waals surface area contributed by atoms with Crippen LogP contribution < -0.4 is 0 Å². The van der Waals surface area contributed by atoms with Crippen molar-refractivity contribution in [2.75, 3.05) is 0 Å². The van der Waals surface area contributed by atoms with E-state index in [-0.39, 0.29) is 0 Å². The van der Waals surface area contributed by atoms with Crippen LogP contribution in [-0.2, 0) is 0 Å². The Bertz CT molecular complexity index is 28.5. The fourth-order valence-corrected chi connectivity index (χ4v) is 0. The zero-order valence-electron chi connectivity index (χ0n) is 28.4. The molecule has 0 saturated heterocycles. The average Bonchev–Trinajstić information content (AvgIpc) is 2.70. The molecule has 0 atom stereocenters. The van der Waals surface area contributed by atoms with Gasteiger partial charge in [-0.25, -0.2) is 0 Å². The first-order chi connectivity index (χ1) is 14.7. The lowest BCUT2D eigenvalue weighted by Crippen LogP contribution is -1.27. The van der Waals surface area contributed by atoms with Gasteiger partial charge in [0.25, 0.3) is 0 Å². The third-order valence-electron chi connectivity index (χ3n) is 0. The number of hydrogen-bond acceptors (Lipinski definition) is 0. The molecule has 208 valence electrons. The van der Waals surface area contributed by atoms with Crippen LogP contribution in [0.15, 0.2) is 0 Å². The lowest BCUT2D eigenvalue weighted by Gasteiger charge is -1.48. The van der Waals surface area contributed by atoms with Gasteiger partial charge in [0.15, 0.2) is 0 Å². The van der Waals surface area contributed by atoms with Crippen LogP contribution in [0.3, 0.4) is 0 Å². The summed E-state index contributed by atoms with van der Waals surface area (Å²) in [6, 6.07) is 0. The van der Waals surface area contributed by atoms with Gasteiger partial charge in [-0.1, -0.05) is 210 Å². The maximum Gasteiger partial charge on any atom is -0.0590 e. The Morgan fingerprint density at radius 2 is 0.161 bits per heavy atom. The highest BCUT2D eigenvalue weighted by molar-refractivity contribution is 3.94. The molecule has 0 aliphatic rings. The van der Waals surface area contributed by atoms with Crippen LogP contribution in [-0.4, -0.2) is 0 Å². The van der Waals surface area contributed by atoms with Crippen LogP contribution in [0.1, 0.15) is 210 Å². The second-order valence-corrected chi connectivity index (χ2v) is 6.36. The van der Waals surface area contributed by atoms with Gasteiger partial charge in [-0.05, 0) is 0 Å². The molecular formula is C31H84. The molecule has 0 aromatic carbocycles. The van der Waals surface area contributed by atoms with Crippen molar-refractivity contribution in [3.8, 4) is 0 Å². The minimum absolute atomic E-state index is 1.25. The van der Waals surface area contributed by atoms with E-state index >= 15 is 0 Å². The van der Waals surface area contributed by atoms with Gasteiger partial charge in [-0.15, -0.1) is 0 Å². The molecular weight excluding hydrogens is 372 g/mol. The van der Waals surface area contributed by atoms with E-state index < -0.39 is 0 Å². The van der Waals surface area contributed by atoms with E-state index in [1.165, 1.54) is 57.8 Å². The Hall–Kier alpha value is 0. The number of hydrogen-bond donors (Lipinski definition) is 0. The van der Waals surface area contributed by atoms with Crippen molar-refractivity contribution in [1.82, 2.24) is 0 Å². The smallest absolute Gasteiger partial charge is 0.0590 e. The molecule has 0 amide bonds. The first-order valence-corrected chi connectivity index (χ1v) is 14.7. The summed E-state index contributed by atoms with van der Waals surface area (Å²) in [5, 5.41) is 0. The fourth-order valence-electron chi connectivity index (χ4n) is 0. The molecule has 0 rings (SSSR count). The van der Waals surface area contributed by atoms with Crippen molar-refractivity contribution in [2.45, 2.75) is 210 Å². The van der Waals surface area contributed by atoms with Gasteiger partial charge in [0.2, 0.25) is 0 Å². The molecule has 31 heavy (non-hydrogen) atoms. The van der Waals surface area contributed by atoms with E-state index in [2.05, 4.69) is 125 Å². The maximum atomic E-state index is 2.12. The zero-order chi connectivity index (χ0) is 28.4. The number of rotatable bonds is 0. The molecule has 0 N–H and O–H groups in total. The average molecular weight is 457 g/mol. The van der Waals surface area contributed by atoms with Crippen molar-refractivity contribution in [3.05, 3.63) is 0 Å². The van der Waals surface area contributed by atoms with Gasteiger partial charge in [-0.3, -0.25) is 0 Å². The molecule has 0 spiro atoms. The predicted molar refractivity (Wildman–Crippen MR) is 166 cm³/mol. The lowest BCUT2D eigenvalue weighted by molar-refractivity contribution is 1.09. The van der Waals surface area contributed by atoms with Gasteiger partial charge >= 0.3 is 0 Å². The van der Waals surface area contributed by atoms with Crippen LogP contribution in [0, 0.1) is 0 Å². The van der Waals surface area contributed by atoms with Crippen molar-refractivity contribution in [3.63, 3.8) is 0 Å². The second kappa shape index (κ2) is 311. The molecule has 0 nitrogen and oxygen atoms in total. The maximum absolute atomic E-state index is 2.12. The van der Waals surface area contributed by atoms with E-state index in [1.54, 1.807) is 0 Å². The molecule has 0 fully saturated rings. The Morgan fingerprint density at radius 3 is 0.161 bits per heavy atom. The second-order valence-electron chi connectivity index (χ2n) is 6.36. The third kappa shape index (κ3) is 0. The first-order valence-electron chi connectivity index (χ1n) is 14.7. The van der Waals surface area contributed by atoms with Crippen LogP contribution >= 0.6 is 0 Å². The molecule has 0 aromatic rings. The summed E-state index contributed by atoms with van der Waals surface area (Å²) in [5.74, 6) is 0. The topological polar surface area (TPSA) is 0 Å². The molecule has 0 unspecified atom stereocenters. The SMILES string of the molecule is CC.CC.CCC.CCC.CCC.CCC.CCC.CCC.CCC.CCC.CCC. The highest BCUT2D eigenvalue weighted by Gasteiger charge is 1.38. The Kier molecular flexibility index (Phi) is 701. The lowest BCUT2D eigenvalue weighted by atomic mass is 10.6. The van der Waals surface area contributed by atoms with E-state index in [0.717, 1.165) is 0 Å². The molecule has 0 aromatic heterocycles. The van der Waals surface area contributed by atoms with Gasteiger partial charge < -0.3 is 0 Å². The summed E-state index contributed by atoms with van der Waals surface area (Å²) in [5.41, 5.74) is 0. The van der Waals surface area contributed by atoms with Crippen molar-refractivity contribution in [2.24, 2.45) is 0 Å². The first kappa shape index (κ1) is 69.8. The van der Waals surface area contributed by atoms with E-state index in [1.807, 2.05) is 27.7 Å². The molecule has 0 aliphatic carbocycles. The van der Waals surface area contributed by atoms with Crippen molar-refractivity contribution in [1.29, 1.82) is 0 Å². The Balaban J connectivity index is -0.0000000158. The summed E-state index contributed by atoms with van der Waals surface area (Å²) in [6.45, 7) is 46.2. The van der Waals surface area contributed by atoms with Crippen LogP contribution in [0.2, 0.25) is 0 Å². The van der Waals surface area contributed by atoms with Crippen molar-refractivity contribution >= 4 is 0 Å². The minimum Gasteiger partial charge on any atom is -0.0683 e. The quantitative estimate of drug-likeness (QED) is 0.340. The monoisotopic (exact) mass is 457 g/mol. The molecule has 0 heteroatoms. The van der Waals surface area contributed by atoms with Crippen molar-refractivity contribution < 1.29 is 0 Å². The van der Waals surface area contributed by atoms with E-state index in [9.17, 15) is 0 Å². The van der Waals surface area contributed by atoms with Gasteiger partial charge in [0.05, 0.1) is 0 Å². The normalized spacial score (nSPS) is 5.61. The molecule has 0 bridgehead atoms. The standard InChI is InChI=1S/9C3H8.2C2H6/c9*1-3-2;2*1-2/h9*3H2,1-2H3;2*1-2H3. The summed E-state index contributed by atoms with van der Waals surface area (Å²) in [6.07, 6.45) is 11.2. The van der Waals surface area contributed by atoms with Crippen LogP contribution in [0.25, 0.3) is 0 Å². The third-order valence-corrected chi connectivity index (χ3v) is 0.